The number of hydrogen-bond acceptors (Lipinski definition) is 4. The van der Waals surface area contributed by atoms with E-state index >= 15 is 0 Å². The van der Waals surface area contributed by atoms with Crippen LogP contribution in [0, 0.1) is 0 Å². The summed E-state index contributed by atoms with van der Waals surface area (Å²) < 4.78 is 0. The highest BCUT2D eigenvalue weighted by molar-refractivity contribution is 7.09. The fraction of sp³-hybridized carbons (Fsp3) is 0.412. The van der Waals surface area contributed by atoms with Gasteiger partial charge in [0.05, 0.1) is 6.04 Å². The number of hydrogen-bond donors (Lipinski definition) is 0. The molecule has 1 fully saturated rings. The van der Waals surface area contributed by atoms with Gasteiger partial charge in [-0.3, -0.25) is 4.79 Å². The first-order chi connectivity index (χ1) is 10.7. The van der Waals surface area contributed by atoms with E-state index in [9.17, 15) is 4.79 Å². The average molecular weight is 315 g/mol. The van der Waals surface area contributed by atoms with Crippen LogP contribution in [0.4, 0.5) is 5.69 Å². The predicted octanol–water partition coefficient (Wildman–Crippen LogP) is 3.58. The van der Waals surface area contributed by atoms with Crippen LogP contribution in [-0.2, 0) is 0 Å². The van der Waals surface area contributed by atoms with E-state index in [0.29, 0.717) is 0 Å². The Labute approximate surface area is 135 Å². The molecule has 4 nitrogen and oxygen atoms in total. The van der Waals surface area contributed by atoms with Gasteiger partial charge in [0.15, 0.2) is 0 Å². The van der Waals surface area contributed by atoms with Gasteiger partial charge in [0.2, 0.25) is 0 Å². The third kappa shape index (κ3) is 2.99. The summed E-state index contributed by atoms with van der Waals surface area (Å²) in [5, 5.41) is 3.04. The quantitative estimate of drug-likeness (QED) is 0.868. The van der Waals surface area contributed by atoms with Crippen molar-refractivity contribution in [2.45, 2.75) is 25.3 Å². The van der Waals surface area contributed by atoms with Crippen LogP contribution in [-0.4, -0.2) is 36.4 Å². The molecule has 3 rings (SSSR count). The highest BCUT2D eigenvalue weighted by Crippen LogP contribution is 2.33. The second-order valence-corrected chi connectivity index (χ2v) is 6.75. The molecule has 1 aromatic carbocycles. The summed E-state index contributed by atoms with van der Waals surface area (Å²) in [6.07, 6.45) is 5.06. The van der Waals surface area contributed by atoms with Gasteiger partial charge in [0.25, 0.3) is 5.91 Å². The molecule has 1 amide bonds. The molecule has 0 spiro atoms. The van der Waals surface area contributed by atoms with Crippen molar-refractivity contribution in [1.82, 2.24) is 9.88 Å². The molecule has 0 radical (unpaired) electrons. The van der Waals surface area contributed by atoms with Crippen molar-refractivity contribution < 1.29 is 4.79 Å². The number of rotatable bonds is 3. The van der Waals surface area contributed by atoms with Crippen LogP contribution in [0.2, 0.25) is 0 Å². The van der Waals surface area contributed by atoms with Crippen molar-refractivity contribution >= 4 is 22.9 Å². The SMILES string of the molecule is CN(C)c1cccc(C(=O)N2CCCC[C@H]2c2nccs2)c1. The molecule has 0 saturated carbocycles. The zero-order valence-corrected chi connectivity index (χ0v) is 13.8. The van der Waals surface area contributed by atoms with Crippen LogP contribution in [0.25, 0.3) is 0 Å². The molecule has 0 unspecified atom stereocenters. The van der Waals surface area contributed by atoms with Crippen molar-refractivity contribution in [1.29, 1.82) is 0 Å². The number of carbonyl (C=O) groups excluding carboxylic acids is 1. The van der Waals surface area contributed by atoms with Gasteiger partial charge in [-0.15, -0.1) is 11.3 Å². The smallest absolute Gasteiger partial charge is 0.254 e. The lowest BCUT2D eigenvalue weighted by Gasteiger charge is -2.34. The van der Waals surface area contributed by atoms with Gasteiger partial charge in [-0.25, -0.2) is 4.98 Å². The summed E-state index contributed by atoms with van der Waals surface area (Å²) in [6, 6.07) is 7.97. The summed E-state index contributed by atoms with van der Waals surface area (Å²) in [7, 11) is 3.98. The minimum atomic E-state index is 0.114. The Morgan fingerprint density at radius 3 is 2.95 bits per heavy atom. The van der Waals surface area contributed by atoms with Crippen LogP contribution in [0.5, 0.6) is 0 Å². The molecule has 0 aliphatic carbocycles. The molecule has 116 valence electrons. The van der Waals surface area contributed by atoms with Crippen molar-refractivity contribution in [3.63, 3.8) is 0 Å². The Morgan fingerprint density at radius 2 is 2.23 bits per heavy atom. The molecule has 1 atom stereocenters. The molecule has 1 saturated heterocycles. The number of aromatic nitrogens is 1. The van der Waals surface area contributed by atoms with Crippen molar-refractivity contribution in [3.8, 4) is 0 Å². The van der Waals surface area contributed by atoms with E-state index in [1.807, 2.05) is 59.7 Å². The van der Waals surface area contributed by atoms with Crippen LogP contribution < -0.4 is 4.90 Å². The Bertz CT molecular complexity index is 639. The predicted molar refractivity (Wildman–Crippen MR) is 90.5 cm³/mol. The minimum absolute atomic E-state index is 0.114. The van der Waals surface area contributed by atoms with E-state index in [-0.39, 0.29) is 11.9 Å². The van der Waals surface area contributed by atoms with Gasteiger partial charge in [0, 0.05) is 43.5 Å². The first kappa shape index (κ1) is 15.0. The van der Waals surface area contributed by atoms with E-state index in [1.54, 1.807) is 11.3 Å². The number of anilines is 1. The molecule has 22 heavy (non-hydrogen) atoms. The first-order valence-corrected chi connectivity index (χ1v) is 8.52. The van der Waals surface area contributed by atoms with Crippen LogP contribution in [0.1, 0.15) is 40.7 Å². The van der Waals surface area contributed by atoms with Gasteiger partial charge in [0.1, 0.15) is 5.01 Å². The van der Waals surface area contributed by atoms with E-state index < -0.39 is 0 Å². The Morgan fingerprint density at radius 1 is 1.36 bits per heavy atom. The Hall–Kier alpha value is -1.88. The number of nitrogens with zero attached hydrogens (tertiary/aromatic N) is 3. The summed E-state index contributed by atoms with van der Waals surface area (Å²) >= 11 is 1.64. The normalized spacial score (nSPS) is 18.3. The number of carbonyl (C=O) groups is 1. The average Bonchev–Trinajstić information content (AvgIpc) is 3.08. The maximum Gasteiger partial charge on any atom is 0.254 e. The van der Waals surface area contributed by atoms with E-state index in [0.717, 1.165) is 42.1 Å². The third-order valence-electron chi connectivity index (χ3n) is 4.11. The second kappa shape index (κ2) is 6.48. The number of piperidine rings is 1. The maximum atomic E-state index is 13.0. The maximum absolute atomic E-state index is 13.0. The van der Waals surface area contributed by atoms with Crippen molar-refractivity contribution in [2.24, 2.45) is 0 Å². The summed E-state index contributed by atoms with van der Waals surface area (Å²) in [5.74, 6) is 0.114. The van der Waals surface area contributed by atoms with Crippen LogP contribution in [0.3, 0.4) is 0 Å². The zero-order valence-electron chi connectivity index (χ0n) is 13.0. The summed E-state index contributed by atoms with van der Waals surface area (Å²) in [6.45, 7) is 0.815. The molecule has 1 aliphatic heterocycles. The molecule has 2 heterocycles. The van der Waals surface area contributed by atoms with Gasteiger partial charge < -0.3 is 9.80 Å². The standard InChI is InChI=1S/C17H21N3OS/c1-19(2)14-7-5-6-13(12-14)17(21)20-10-4-3-8-15(20)16-18-9-11-22-16/h5-7,9,11-12,15H,3-4,8,10H2,1-2H3/t15-/m0/s1. The van der Waals surface area contributed by atoms with E-state index in [1.165, 1.54) is 0 Å². The van der Waals surface area contributed by atoms with Crippen LogP contribution in [0.15, 0.2) is 35.8 Å². The minimum Gasteiger partial charge on any atom is -0.378 e. The number of amides is 1. The van der Waals surface area contributed by atoms with Crippen molar-refractivity contribution in [3.05, 3.63) is 46.4 Å². The van der Waals surface area contributed by atoms with Gasteiger partial charge in [-0.05, 0) is 37.5 Å². The molecule has 2 aromatic rings. The molecule has 0 N–H and O–H groups in total. The molecule has 0 bridgehead atoms. The Kier molecular flexibility index (Phi) is 4.43. The number of benzene rings is 1. The van der Waals surface area contributed by atoms with Gasteiger partial charge >= 0.3 is 0 Å². The monoisotopic (exact) mass is 315 g/mol. The fourth-order valence-electron chi connectivity index (χ4n) is 2.91. The van der Waals surface area contributed by atoms with Gasteiger partial charge in [-0.2, -0.15) is 0 Å². The van der Waals surface area contributed by atoms with E-state index in [2.05, 4.69) is 4.98 Å². The largest absolute Gasteiger partial charge is 0.378 e. The molecule has 1 aromatic heterocycles. The van der Waals surface area contributed by atoms with Gasteiger partial charge in [-0.1, -0.05) is 6.07 Å². The number of thiazole rings is 1. The highest BCUT2D eigenvalue weighted by atomic mass is 32.1. The topological polar surface area (TPSA) is 36.4 Å². The fourth-order valence-corrected chi connectivity index (χ4v) is 3.70. The van der Waals surface area contributed by atoms with E-state index in [4.69, 9.17) is 0 Å². The lowest BCUT2D eigenvalue weighted by molar-refractivity contribution is 0.0611. The molecule has 1 aliphatic rings. The summed E-state index contributed by atoms with van der Waals surface area (Å²) in [4.78, 5) is 21.4. The lowest BCUT2D eigenvalue weighted by atomic mass is 10.0. The first-order valence-electron chi connectivity index (χ1n) is 7.64. The highest BCUT2D eigenvalue weighted by Gasteiger charge is 2.30. The third-order valence-corrected chi connectivity index (χ3v) is 4.99. The zero-order chi connectivity index (χ0) is 15.5. The number of likely N-dealkylation sites (tertiary alicyclic amines) is 1. The van der Waals surface area contributed by atoms with Crippen molar-refractivity contribution in [2.75, 3.05) is 25.5 Å². The second-order valence-electron chi connectivity index (χ2n) is 5.83. The lowest BCUT2D eigenvalue weighted by Crippen LogP contribution is -2.38. The molecule has 5 heteroatoms. The molecular weight excluding hydrogens is 294 g/mol. The Balaban J connectivity index is 1.87. The van der Waals surface area contributed by atoms with Crippen LogP contribution >= 0.6 is 11.3 Å². The summed E-state index contributed by atoms with van der Waals surface area (Å²) in [5.41, 5.74) is 1.81. The molecular formula is C17H21N3OS.